The Morgan fingerprint density at radius 1 is 1.00 bits per heavy atom. The van der Waals surface area contributed by atoms with Crippen molar-refractivity contribution in [1.29, 1.82) is 5.26 Å². The van der Waals surface area contributed by atoms with Gasteiger partial charge in [0.25, 0.3) is 5.91 Å². The number of aromatic nitrogens is 1. The highest BCUT2D eigenvalue weighted by Crippen LogP contribution is 2.30. The largest absolute Gasteiger partial charge is 0.396 e. The lowest BCUT2D eigenvalue weighted by atomic mass is 10.0. The number of aliphatic hydroxyl groups excluding tert-OH is 1. The van der Waals surface area contributed by atoms with Gasteiger partial charge >= 0.3 is 0 Å². The normalized spacial score (nSPS) is 11.3. The molecule has 0 atom stereocenters. The third-order valence-electron chi connectivity index (χ3n) is 6.19. The number of amides is 1. The second-order valence-corrected chi connectivity index (χ2v) is 10.7. The van der Waals surface area contributed by atoms with Gasteiger partial charge in [-0.15, -0.1) is 0 Å². The number of benzene rings is 2. The highest BCUT2D eigenvalue weighted by atomic mass is 16.3. The zero-order valence-corrected chi connectivity index (χ0v) is 25.4. The fourth-order valence-electron chi connectivity index (χ4n) is 4.07. The lowest BCUT2D eigenvalue weighted by Crippen LogP contribution is -2.21. The van der Waals surface area contributed by atoms with Gasteiger partial charge in [0.2, 0.25) is 0 Å². The molecule has 0 bridgehead atoms. The molecule has 0 radical (unpaired) electrons. The van der Waals surface area contributed by atoms with E-state index < -0.39 is 5.91 Å². The zero-order valence-electron chi connectivity index (χ0n) is 25.4. The second kappa shape index (κ2) is 16.4. The first kappa shape index (κ1) is 33.5. The van der Waals surface area contributed by atoms with Crippen LogP contribution in [0.1, 0.15) is 67.5 Å². The number of carbonyl (C=O) groups is 1. The molecule has 0 aliphatic heterocycles. The number of nitriles is 1. The van der Waals surface area contributed by atoms with Gasteiger partial charge in [-0.05, 0) is 91.3 Å². The average molecular weight is 533 g/mol. The quantitative estimate of drug-likeness (QED) is 0.238. The minimum atomic E-state index is -0.706. The molecule has 0 aliphatic carbocycles. The number of fused-ring (bicyclic) bond motifs is 1. The number of aliphatic hydroxyl groups is 1. The van der Waals surface area contributed by atoms with Crippen LogP contribution in [0.25, 0.3) is 27.6 Å². The first-order valence-electron chi connectivity index (χ1n) is 13.9. The summed E-state index contributed by atoms with van der Waals surface area (Å²) in [5, 5.41) is 19.8. The third-order valence-corrected chi connectivity index (χ3v) is 6.19. The number of carbonyl (C=O) groups excluding carboxylic acids is 1. The average Bonchev–Trinajstić information content (AvgIpc) is 3.25. The van der Waals surface area contributed by atoms with E-state index in [1.807, 2.05) is 29.8 Å². The molecule has 2 aromatic carbocycles. The van der Waals surface area contributed by atoms with Gasteiger partial charge in [-0.1, -0.05) is 52.8 Å². The van der Waals surface area contributed by atoms with Crippen LogP contribution < -0.4 is 10.6 Å². The Bertz CT molecular complexity index is 1270. The molecule has 0 saturated heterocycles. The van der Waals surface area contributed by atoms with Crippen molar-refractivity contribution in [3.05, 3.63) is 59.8 Å². The van der Waals surface area contributed by atoms with Crippen LogP contribution in [0.2, 0.25) is 0 Å². The van der Waals surface area contributed by atoms with Crippen molar-refractivity contribution in [3.8, 4) is 17.3 Å². The molecular formula is C33H48N4O2. The van der Waals surface area contributed by atoms with E-state index in [1.165, 1.54) is 16.5 Å². The fraction of sp³-hybridized carbons (Fsp3) is 0.455. The molecule has 0 fully saturated rings. The molecule has 39 heavy (non-hydrogen) atoms. The van der Waals surface area contributed by atoms with Gasteiger partial charge in [-0.2, -0.15) is 5.26 Å². The molecule has 0 unspecified atom stereocenters. The molecule has 1 amide bonds. The smallest absolute Gasteiger partial charge is 0.259 e. The maximum absolute atomic E-state index is 11.5. The van der Waals surface area contributed by atoms with Crippen LogP contribution in [0.4, 0.5) is 5.69 Å². The summed E-state index contributed by atoms with van der Waals surface area (Å²) < 4.78 is 1.99. The van der Waals surface area contributed by atoms with Gasteiger partial charge in [-0.3, -0.25) is 4.79 Å². The van der Waals surface area contributed by atoms with Crippen LogP contribution >= 0.6 is 0 Å². The van der Waals surface area contributed by atoms with E-state index in [0.717, 1.165) is 42.4 Å². The van der Waals surface area contributed by atoms with Gasteiger partial charge in [0.05, 0.1) is 0 Å². The molecular weight excluding hydrogens is 484 g/mol. The van der Waals surface area contributed by atoms with Crippen LogP contribution in [-0.4, -0.2) is 35.3 Å². The van der Waals surface area contributed by atoms with Gasteiger partial charge < -0.3 is 20.3 Å². The van der Waals surface area contributed by atoms with Crippen molar-refractivity contribution in [2.45, 2.75) is 61.8 Å². The Morgan fingerprint density at radius 3 is 2.03 bits per heavy atom. The molecule has 6 heteroatoms. The lowest BCUT2D eigenvalue weighted by Gasteiger charge is -2.21. The van der Waals surface area contributed by atoms with Gasteiger partial charge in [0.1, 0.15) is 11.6 Å². The van der Waals surface area contributed by atoms with E-state index in [1.54, 1.807) is 6.92 Å². The predicted octanol–water partition coefficient (Wildman–Crippen LogP) is 7.16. The van der Waals surface area contributed by atoms with Crippen molar-refractivity contribution < 1.29 is 9.90 Å². The monoisotopic (exact) mass is 532 g/mol. The van der Waals surface area contributed by atoms with Crippen molar-refractivity contribution in [2.24, 2.45) is 24.6 Å². The highest BCUT2D eigenvalue weighted by molar-refractivity contribution is 6.03. The minimum absolute atomic E-state index is 0.0137. The summed E-state index contributed by atoms with van der Waals surface area (Å²) in [6.45, 7) is 19.1. The van der Waals surface area contributed by atoms with Crippen LogP contribution in [-0.2, 0) is 11.8 Å². The third kappa shape index (κ3) is 9.92. The summed E-state index contributed by atoms with van der Waals surface area (Å²) in [7, 11) is 1.93. The first-order valence-corrected chi connectivity index (χ1v) is 13.9. The van der Waals surface area contributed by atoms with Crippen LogP contribution in [0.5, 0.6) is 0 Å². The molecule has 6 nitrogen and oxygen atoms in total. The number of allylic oxidation sites excluding steroid dienone is 1. The maximum Gasteiger partial charge on any atom is 0.259 e. The number of hydrogen-bond donors (Lipinski definition) is 2. The molecule has 3 rings (SSSR count). The molecule has 0 aliphatic rings. The van der Waals surface area contributed by atoms with E-state index in [2.05, 4.69) is 89.8 Å². The summed E-state index contributed by atoms with van der Waals surface area (Å²) in [4.78, 5) is 13.9. The van der Waals surface area contributed by atoms with Crippen molar-refractivity contribution in [1.82, 2.24) is 4.57 Å². The summed E-state index contributed by atoms with van der Waals surface area (Å²) in [6.07, 6.45) is 0.931. The van der Waals surface area contributed by atoms with E-state index in [4.69, 9.17) is 10.8 Å². The van der Waals surface area contributed by atoms with E-state index in [-0.39, 0.29) is 5.57 Å². The Hall–Kier alpha value is -3.56. The predicted molar refractivity (Wildman–Crippen MR) is 166 cm³/mol. The molecule has 3 N–H and O–H groups in total. The van der Waals surface area contributed by atoms with E-state index >= 15 is 0 Å². The lowest BCUT2D eigenvalue weighted by molar-refractivity contribution is -0.114. The maximum atomic E-state index is 11.5. The van der Waals surface area contributed by atoms with Crippen molar-refractivity contribution in [3.63, 3.8) is 0 Å². The molecule has 212 valence electrons. The van der Waals surface area contributed by atoms with Crippen LogP contribution in [0.3, 0.4) is 0 Å². The second-order valence-electron chi connectivity index (χ2n) is 10.7. The number of nitrogens with zero attached hydrogens (tertiary/aromatic N) is 3. The Balaban J connectivity index is 0.000000651. The molecule has 1 heterocycles. The first-order chi connectivity index (χ1) is 18.4. The van der Waals surface area contributed by atoms with Crippen LogP contribution in [0, 0.1) is 23.2 Å². The number of rotatable bonds is 8. The van der Waals surface area contributed by atoms with Crippen molar-refractivity contribution in [2.75, 3.05) is 24.6 Å². The van der Waals surface area contributed by atoms with Crippen molar-refractivity contribution >= 4 is 27.9 Å². The standard InChI is InChI=1S/C24H26N4O.C5H12O.C4H10/c1-5-28(6-2)20-10-9-17-13-19(8-7-18(17)14-20)23-12-11-22(27(23)4)16(3)21(15-25)24(26)29;1-5(2)3-4-6;1-4(2)3/h7-14H,5-6H2,1-4H3,(H2,26,29);5-6H,3-4H2,1-2H3;4H,1-3H3/b21-16+;;. The Morgan fingerprint density at radius 2 is 1.56 bits per heavy atom. The fourth-order valence-corrected chi connectivity index (χ4v) is 4.07. The van der Waals surface area contributed by atoms with Gasteiger partial charge in [-0.25, -0.2) is 0 Å². The number of anilines is 1. The van der Waals surface area contributed by atoms with Gasteiger partial charge in [0.15, 0.2) is 0 Å². The summed E-state index contributed by atoms with van der Waals surface area (Å²) in [5.74, 6) is 0.775. The summed E-state index contributed by atoms with van der Waals surface area (Å²) >= 11 is 0. The Labute approximate surface area is 235 Å². The summed E-state index contributed by atoms with van der Waals surface area (Å²) in [6, 6.07) is 18.8. The minimum Gasteiger partial charge on any atom is -0.396 e. The molecule has 0 saturated carbocycles. The number of primary amides is 1. The molecule has 3 aromatic rings. The Kier molecular flexibility index (Phi) is 14.1. The van der Waals surface area contributed by atoms with Gasteiger partial charge in [0, 0.05) is 43.8 Å². The molecule has 0 spiro atoms. The SMILES string of the molecule is CC(C)C.CC(C)CCO.CCN(CC)c1ccc2cc(-c3ccc(/C(C)=C(\C#N)C(N)=O)n3C)ccc2c1. The highest BCUT2D eigenvalue weighted by Gasteiger charge is 2.15. The summed E-state index contributed by atoms with van der Waals surface area (Å²) in [5.41, 5.74) is 10.0. The van der Waals surface area contributed by atoms with E-state index in [0.29, 0.717) is 18.1 Å². The topological polar surface area (TPSA) is 95.3 Å². The zero-order chi connectivity index (χ0) is 29.7. The number of hydrogen-bond acceptors (Lipinski definition) is 4. The van der Waals surface area contributed by atoms with E-state index in [9.17, 15) is 10.1 Å². The molecule has 1 aromatic heterocycles. The number of nitrogens with two attached hydrogens (primary N) is 1. The van der Waals surface area contributed by atoms with Crippen LogP contribution in [0.15, 0.2) is 54.1 Å².